The summed E-state index contributed by atoms with van der Waals surface area (Å²) in [5.41, 5.74) is 7.22. The second-order valence-electron chi connectivity index (χ2n) is 5.95. The van der Waals surface area contributed by atoms with Crippen LogP contribution in [-0.4, -0.2) is 55.7 Å². The molecule has 1 saturated carbocycles. The Balaban J connectivity index is 1.68. The van der Waals surface area contributed by atoms with Crippen LogP contribution in [0.25, 0.3) is 0 Å². The third-order valence-electron chi connectivity index (χ3n) is 4.64. The van der Waals surface area contributed by atoms with Gasteiger partial charge in [-0.3, -0.25) is 9.80 Å². The van der Waals surface area contributed by atoms with Crippen LogP contribution in [0.4, 0.5) is 0 Å². The first-order valence-electron chi connectivity index (χ1n) is 7.74. The number of methoxy groups -OCH3 is 1. The van der Waals surface area contributed by atoms with Gasteiger partial charge in [0.25, 0.3) is 0 Å². The molecule has 1 aliphatic carbocycles. The second kappa shape index (κ2) is 6.53. The molecule has 1 heterocycles. The quantitative estimate of drug-likeness (QED) is 0.905. The zero-order valence-electron chi connectivity index (χ0n) is 12.6. The number of hydrogen-bond donors (Lipinski definition) is 1. The average Bonchev–Trinajstić information content (AvgIpc) is 3.34. The minimum absolute atomic E-state index is 0.245. The maximum absolute atomic E-state index is 6.25. The van der Waals surface area contributed by atoms with Crippen LogP contribution in [0.15, 0.2) is 18.2 Å². The van der Waals surface area contributed by atoms with E-state index in [9.17, 15) is 0 Å². The molecule has 1 unspecified atom stereocenters. The lowest BCUT2D eigenvalue weighted by Gasteiger charge is -2.39. The molecule has 0 bridgehead atoms. The largest absolute Gasteiger partial charge is 0.495 e. The number of piperazine rings is 1. The van der Waals surface area contributed by atoms with Crippen molar-refractivity contribution in [1.29, 1.82) is 0 Å². The summed E-state index contributed by atoms with van der Waals surface area (Å²) in [5.74, 6) is 0.717. The molecule has 2 fully saturated rings. The Hall–Kier alpha value is -0.810. The van der Waals surface area contributed by atoms with Gasteiger partial charge in [0.2, 0.25) is 0 Å². The fraction of sp³-hybridized carbons (Fsp3) is 0.625. The first kappa shape index (κ1) is 15.1. The maximum Gasteiger partial charge on any atom is 0.137 e. The zero-order chi connectivity index (χ0) is 14.8. The summed E-state index contributed by atoms with van der Waals surface area (Å²) in [5, 5.41) is 0.657. The summed E-state index contributed by atoms with van der Waals surface area (Å²) >= 11 is 6.25. The van der Waals surface area contributed by atoms with E-state index in [2.05, 4.69) is 15.9 Å². The smallest absolute Gasteiger partial charge is 0.137 e. The third-order valence-corrected chi connectivity index (χ3v) is 4.93. The highest BCUT2D eigenvalue weighted by Crippen LogP contribution is 2.32. The number of benzene rings is 1. The van der Waals surface area contributed by atoms with Crippen LogP contribution in [0.3, 0.4) is 0 Å². The van der Waals surface area contributed by atoms with Crippen LogP contribution in [0, 0.1) is 0 Å². The van der Waals surface area contributed by atoms with Crippen molar-refractivity contribution in [2.75, 3.05) is 39.8 Å². The lowest BCUT2D eigenvalue weighted by atomic mass is 10.0. The number of nitrogens with zero attached hydrogens (tertiary/aromatic N) is 2. The Labute approximate surface area is 131 Å². The molecule has 1 aliphatic heterocycles. The summed E-state index contributed by atoms with van der Waals surface area (Å²) in [7, 11) is 1.64. The molecule has 0 amide bonds. The van der Waals surface area contributed by atoms with Crippen molar-refractivity contribution in [2.24, 2.45) is 5.73 Å². The fourth-order valence-electron chi connectivity index (χ4n) is 3.24. The zero-order valence-corrected chi connectivity index (χ0v) is 13.4. The van der Waals surface area contributed by atoms with Gasteiger partial charge in [-0.15, -0.1) is 0 Å². The van der Waals surface area contributed by atoms with Gasteiger partial charge in [-0.25, -0.2) is 0 Å². The molecule has 2 aliphatic rings. The van der Waals surface area contributed by atoms with Gasteiger partial charge in [-0.05, 0) is 30.5 Å². The van der Waals surface area contributed by atoms with Gasteiger partial charge < -0.3 is 10.5 Å². The average molecular weight is 310 g/mol. The molecule has 2 N–H and O–H groups in total. The summed E-state index contributed by atoms with van der Waals surface area (Å²) in [6.45, 7) is 5.10. The Bertz CT molecular complexity index is 484. The second-order valence-corrected chi connectivity index (χ2v) is 6.36. The fourth-order valence-corrected chi connectivity index (χ4v) is 3.51. The van der Waals surface area contributed by atoms with E-state index in [0.717, 1.165) is 38.0 Å². The molecule has 1 aromatic rings. The van der Waals surface area contributed by atoms with E-state index >= 15 is 0 Å². The third kappa shape index (κ3) is 3.34. The van der Waals surface area contributed by atoms with E-state index < -0.39 is 0 Å². The van der Waals surface area contributed by atoms with E-state index in [4.69, 9.17) is 22.1 Å². The van der Waals surface area contributed by atoms with Gasteiger partial charge in [0.1, 0.15) is 5.75 Å². The van der Waals surface area contributed by atoms with Gasteiger partial charge in [-0.2, -0.15) is 0 Å². The normalized spacial score (nSPS) is 22.2. The van der Waals surface area contributed by atoms with E-state index in [-0.39, 0.29) is 6.04 Å². The summed E-state index contributed by atoms with van der Waals surface area (Å²) in [6.07, 6.45) is 2.77. The molecule has 1 aromatic carbocycles. The number of halogens is 1. The molecule has 4 nitrogen and oxygen atoms in total. The van der Waals surface area contributed by atoms with E-state index in [1.807, 2.05) is 12.1 Å². The van der Waals surface area contributed by atoms with Crippen LogP contribution in [0.2, 0.25) is 5.02 Å². The number of rotatable bonds is 5. The van der Waals surface area contributed by atoms with E-state index in [1.165, 1.54) is 18.4 Å². The summed E-state index contributed by atoms with van der Waals surface area (Å²) in [4.78, 5) is 5.10. The maximum atomic E-state index is 6.25. The molecule has 1 saturated heterocycles. The van der Waals surface area contributed by atoms with Gasteiger partial charge in [0, 0.05) is 44.8 Å². The van der Waals surface area contributed by atoms with Crippen molar-refractivity contribution >= 4 is 11.6 Å². The Morgan fingerprint density at radius 2 is 2.00 bits per heavy atom. The monoisotopic (exact) mass is 309 g/mol. The molecule has 1 atom stereocenters. The van der Waals surface area contributed by atoms with Crippen molar-refractivity contribution in [1.82, 2.24) is 9.80 Å². The molecule has 21 heavy (non-hydrogen) atoms. The first-order chi connectivity index (χ1) is 10.2. The highest BCUT2D eigenvalue weighted by Gasteiger charge is 2.32. The Morgan fingerprint density at radius 1 is 1.29 bits per heavy atom. The van der Waals surface area contributed by atoms with Crippen LogP contribution >= 0.6 is 11.6 Å². The lowest BCUT2D eigenvalue weighted by molar-refractivity contribution is 0.0938. The molecule has 0 radical (unpaired) electrons. The van der Waals surface area contributed by atoms with Gasteiger partial charge in [0.05, 0.1) is 12.1 Å². The number of hydrogen-bond acceptors (Lipinski definition) is 4. The predicted molar refractivity (Wildman–Crippen MR) is 86.0 cm³/mol. The molecule has 5 heteroatoms. The van der Waals surface area contributed by atoms with Crippen molar-refractivity contribution in [3.05, 3.63) is 28.8 Å². The molecule has 3 rings (SSSR count). The van der Waals surface area contributed by atoms with Crippen LogP contribution < -0.4 is 10.5 Å². The first-order valence-corrected chi connectivity index (χ1v) is 8.12. The van der Waals surface area contributed by atoms with E-state index in [1.54, 1.807) is 7.11 Å². The van der Waals surface area contributed by atoms with Crippen LogP contribution in [0.1, 0.15) is 24.4 Å². The Kier molecular flexibility index (Phi) is 4.69. The highest BCUT2D eigenvalue weighted by molar-refractivity contribution is 6.32. The van der Waals surface area contributed by atoms with Crippen molar-refractivity contribution < 1.29 is 4.74 Å². The van der Waals surface area contributed by atoms with Crippen molar-refractivity contribution in [3.63, 3.8) is 0 Å². The molecule has 0 aromatic heterocycles. The Morgan fingerprint density at radius 3 is 2.52 bits per heavy atom. The lowest BCUT2D eigenvalue weighted by Crippen LogP contribution is -2.49. The topological polar surface area (TPSA) is 41.7 Å². The number of nitrogens with two attached hydrogens (primary N) is 1. The minimum Gasteiger partial charge on any atom is -0.495 e. The number of ether oxygens (including phenoxy) is 1. The molecular formula is C16H24ClN3O. The van der Waals surface area contributed by atoms with Crippen LogP contribution in [0.5, 0.6) is 5.75 Å². The van der Waals surface area contributed by atoms with Crippen LogP contribution in [-0.2, 0) is 0 Å². The van der Waals surface area contributed by atoms with Gasteiger partial charge >= 0.3 is 0 Å². The summed E-state index contributed by atoms with van der Waals surface area (Å²) in [6, 6.07) is 7.11. The van der Waals surface area contributed by atoms with Gasteiger partial charge in [0.15, 0.2) is 0 Å². The van der Waals surface area contributed by atoms with Gasteiger partial charge in [-0.1, -0.05) is 17.7 Å². The predicted octanol–water partition coefficient (Wildman–Crippen LogP) is 2.13. The molecule has 116 valence electrons. The van der Waals surface area contributed by atoms with Crippen molar-refractivity contribution in [3.8, 4) is 5.75 Å². The summed E-state index contributed by atoms with van der Waals surface area (Å²) < 4.78 is 5.22. The van der Waals surface area contributed by atoms with E-state index in [0.29, 0.717) is 11.6 Å². The standard InChI is InChI=1S/C16H24ClN3O/c1-21-16-5-2-12(10-14(16)17)15(11-18)20-8-6-19(7-9-20)13-3-4-13/h2,5,10,13,15H,3-4,6-9,11,18H2,1H3. The van der Waals surface area contributed by atoms with Crippen molar-refractivity contribution in [2.45, 2.75) is 24.9 Å². The SMILES string of the molecule is COc1ccc(C(CN)N2CCN(C3CC3)CC2)cc1Cl. The molecule has 0 spiro atoms. The minimum atomic E-state index is 0.245. The highest BCUT2D eigenvalue weighted by atomic mass is 35.5. The molecular weight excluding hydrogens is 286 g/mol.